The summed E-state index contributed by atoms with van der Waals surface area (Å²) < 4.78 is 5.26. The van der Waals surface area contributed by atoms with Crippen LogP contribution in [0, 0.1) is 6.92 Å². The van der Waals surface area contributed by atoms with E-state index in [0.717, 1.165) is 5.56 Å². The molecule has 3 rings (SSSR count). The average Bonchev–Trinajstić information content (AvgIpc) is 2.78. The average molecular weight is 417 g/mol. The molecule has 31 heavy (non-hydrogen) atoms. The Morgan fingerprint density at radius 1 is 0.935 bits per heavy atom. The van der Waals surface area contributed by atoms with E-state index in [1.165, 1.54) is 0 Å². The zero-order valence-corrected chi connectivity index (χ0v) is 17.0. The summed E-state index contributed by atoms with van der Waals surface area (Å²) in [4.78, 5) is 36.5. The van der Waals surface area contributed by atoms with Crippen LogP contribution in [0.25, 0.3) is 0 Å². The molecule has 0 aliphatic carbocycles. The van der Waals surface area contributed by atoms with Crippen molar-refractivity contribution in [2.75, 3.05) is 5.32 Å². The van der Waals surface area contributed by atoms with Gasteiger partial charge in [0, 0.05) is 5.56 Å². The molecule has 0 heterocycles. The van der Waals surface area contributed by atoms with E-state index < -0.39 is 23.8 Å². The number of para-hydroxylation sites is 1. The smallest absolute Gasteiger partial charge is 0.327 e. The molecule has 0 bridgehead atoms. The summed E-state index contributed by atoms with van der Waals surface area (Å²) in [7, 11) is 0. The number of ether oxygens (including phenoxy) is 1. The molecule has 3 aromatic rings. The molecule has 3 aromatic carbocycles. The molecular formula is C24H23N3O4. The van der Waals surface area contributed by atoms with Crippen LogP contribution in [0.1, 0.15) is 43.4 Å². The molecule has 0 spiro atoms. The molecule has 0 aromatic heterocycles. The molecule has 0 fully saturated rings. The largest absolute Gasteiger partial charge is 0.459 e. The number of carbonyl (C=O) groups excluding carboxylic acids is 3. The molecular weight excluding hydrogens is 394 g/mol. The number of hydrogen-bond donors (Lipinski definition) is 3. The maximum absolute atomic E-state index is 12.6. The van der Waals surface area contributed by atoms with Crippen LogP contribution in [-0.4, -0.2) is 17.8 Å². The molecule has 2 amide bonds. The van der Waals surface area contributed by atoms with Gasteiger partial charge in [-0.3, -0.25) is 9.59 Å². The quantitative estimate of drug-likeness (QED) is 0.510. The third kappa shape index (κ3) is 5.34. The van der Waals surface area contributed by atoms with Gasteiger partial charge in [-0.15, -0.1) is 0 Å². The first-order valence-corrected chi connectivity index (χ1v) is 9.63. The fraction of sp³-hybridized carbons (Fsp3) is 0.125. The van der Waals surface area contributed by atoms with Crippen molar-refractivity contribution < 1.29 is 19.1 Å². The van der Waals surface area contributed by atoms with Gasteiger partial charge in [0.15, 0.2) is 0 Å². The maximum Gasteiger partial charge on any atom is 0.327 e. The monoisotopic (exact) mass is 417 g/mol. The SMILES string of the molecule is Cc1cccc(C(N)=O)c1NC(=O)c1ccc(C(N)C(=O)OCc2ccccc2)cc1. The first-order valence-electron chi connectivity index (χ1n) is 9.63. The topological polar surface area (TPSA) is 125 Å². The highest BCUT2D eigenvalue weighted by molar-refractivity contribution is 6.09. The standard InChI is InChI=1S/C24H23N3O4/c1-15-6-5-9-19(22(26)28)21(15)27-23(29)18-12-10-17(11-13-18)20(25)24(30)31-14-16-7-3-2-4-8-16/h2-13,20H,14,25H2,1H3,(H2,26,28)(H,27,29). The van der Waals surface area contributed by atoms with Crippen molar-refractivity contribution in [3.63, 3.8) is 0 Å². The van der Waals surface area contributed by atoms with Gasteiger partial charge in [0.05, 0.1) is 11.3 Å². The third-order valence-electron chi connectivity index (χ3n) is 4.79. The predicted octanol–water partition coefficient (Wildman–Crippen LogP) is 3.09. The van der Waals surface area contributed by atoms with Crippen LogP contribution < -0.4 is 16.8 Å². The first-order chi connectivity index (χ1) is 14.9. The van der Waals surface area contributed by atoms with Gasteiger partial charge in [0.25, 0.3) is 11.8 Å². The summed E-state index contributed by atoms with van der Waals surface area (Å²) in [5, 5.41) is 2.72. The van der Waals surface area contributed by atoms with Crippen LogP contribution in [0.3, 0.4) is 0 Å². The Kier molecular flexibility index (Phi) is 6.79. The van der Waals surface area contributed by atoms with Crippen LogP contribution in [0.4, 0.5) is 5.69 Å². The Labute approximate surface area is 180 Å². The van der Waals surface area contributed by atoms with E-state index >= 15 is 0 Å². The number of aryl methyl sites for hydroxylation is 1. The lowest BCUT2D eigenvalue weighted by Crippen LogP contribution is -2.24. The van der Waals surface area contributed by atoms with Gasteiger partial charge in [-0.2, -0.15) is 0 Å². The highest BCUT2D eigenvalue weighted by Crippen LogP contribution is 2.22. The molecule has 0 aliphatic rings. The molecule has 0 saturated carbocycles. The minimum absolute atomic E-state index is 0.131. The van der Waals surface area contributed by atoms with Gasteiger partial charge in [0.2, 0.25) is 0 Å². The number of primary amides is 1. The lowest BCUT2D eigenvalue weighted by molar-refractivity contribution is -0.146. The molecule has 0 aliphatic heterocycles. The number of benzene rings is 3. The Bertz CT molecular complexity index is 1100. The van der Waals surface area contributed by atoms with Crippen LogP contribution in [-0.2, 0) is 16.1 Å². The number of nitrogens with one attached hydrogen (secondary N) is 1. The van der Waals surface area contributed by atoms with Gasteiger partial charge in [-0.1, -0.05) is 54.6 Å². The summed E-state index contributed by atoms with van der Waals surface area (Å²) in [6, 6.07) is 19.6. The van der Waals surface area contributed by atoms with Gasteiger partial charge >= 0.3 is 5.97 Å². The minimum atomic E-state index is -0.973. The van der Waals surface area contributed by atoms with E-state index in [9.17, 15) is 14.4 Å². The van der Waals surface area contributed by atoms with E-state index in [1.807, 2.05) is 30.3 Å². The molecule has 7 heteroatoms. The second-order valence-corrected chi connectivity index (χ2v) is 7.01. The second kappa shape index (κ2) is 9.69. The number of amides is 2. The summed E-state index contributed by atoms with van der Waals surface area (Å²) in [5.74, 6) is -1.61. The molecule has 158 valence electrons. The van der Waals surface area contributed by atoms with Gasteiger partial charge in [-0.05, 0) is 41.8 Å². The maximum atomic E-state index is 12.6. The Hall–Kier alpha value is -3.97. The number of hydrogen-bond acceptors (Lipinski definition) is 5. The van der Waals surface area contributed by atoms with Crippen molar-refractivity contribution in [2.45, 2.75) is 19.6 Å². The molecule has 7 nitrogen and oxygen atoms in total. The highest BCUT2D eigenvalue weighted by atomic mass is 16.5. The lowest BCUT2D eigenvalue weighted by Gasteiger charge is -2.14. The van der Waals surface area contributed by atoms with E-state index in [1.54, 1.807) is 49.4 Å². The summed E-state index contributed by atoms with van der Waals surface area (Å²) in [5.41, 5.74) is 14.4. The summed E-state index contributed by atoms with van der Waals surface area (Å²) >= 11 is 0. The zero-order valence-electron chi connectivity index (χ0n) is 17.0. The Morgan fingerprint density at radius 3 is 2.26 bits per heavy atom. The third-order valence-corrected chi connectivity index (χ3v) is 4.79. The minimum Gasteiger partial charge on any atom is -0.459 e. The van der Waals surface area contributed by atoms with Crippen molar-refractivity contribution >= 4 is 23.5 Å². The predicted molar refractivity (Wildman–Crippen MR) is 117 cm³/mol. The highest BCUT2D eigenvalue weighted by Gasteiger charge is 2.19. The number of carbonyl (C=O) groups is 3. The van der Waals surface area contributed by atoms with E-state index in [-0.39, 0.29) is 12.2 Å². The van der Waals surface area contributed by atoms with Crippen molar-refractivity contribution in [2.24, 2.45) is 11.5 Å². The number of esters is 1. The zero-order chi connectivity index (χ0) is 22.4. The molecule has 0 radical (unpaired) electrons. The molecule has 0 saturated heterocycles. The van der Waals surface area contributed by atoms with E-state index in [2.05, 4.69) is 5.32 Å². The van der Waals surface area contributed by atoms with Crippen LogP contribution in [0.15, 0.2) is 72.8 Å². The fourth-order valence-electron chi connectivity index (χ4n) is 3.02. The van der Waals surface area contributed by atoms with Crippen LogP contribution in [0.2, 0.25) is 0 Å². The van der Waals surface area contributed by atoms with Crippen molar-refractivity contribution in [1.82, 2.24) is 0 Å². The number of anilines is 1. The van der Waals surface area contributed by atoms with Gasteiger partial charge in [0.1, 0.15) is 12.6 Å². The van der Waals surface area contributed by atoms with Crippen molar-refractivity contribution in [3.8, 4) is 0 Å². The first kappa shape index (κ1) is 21.7. The Morgan fingerprint density at radius 2 is 1.61 bits per heavy atom. The van der Waals surface area contributed by atoms with Crippen LogP contribution >= 0.6 is 0 Å². The molecule has 1 unspecified atom stereocenters. The normalized spacial score (nSPS) is 11.4. The fourth-order valence-corrected chi connectivity index (χ4v) is 3.02. The summed E-state index contributed by atoms with van der Waals surface area (Å²) in [6.45, 7) is 1.90. The molecule has 5 N–H and O–H groups in total. The van der Waals surface area contributed by atoms with Crippen LogP contribution in [0.5, 0.6) is 0 Å². The van der Waals surface area contributed by atoms with E-state index in [4.69, 9.17) is 16.2 Å². The molecule has 1 atom stereocenters. The Balaban J connectivity index is 1.66. The number of nitrogens with two attached hydrogens (primary N) is 2. The van der Waals surface area contributed by atoms with Crippen molar-refractivity contribution in [1.29, 1.82) is 0 Å². The lowest BCUT2D eigenvalue weighted by atomic mass is 10.0. The summed E-state index contributed by atoms with van der Waals surface area (Å²) in [6.07, 6.45) is 0. The second-order valence-electron chi connectivity index (χ2n) is 7.01. The van der Waals surface area contributed by atoms with E-state index in [0.29, 0.717) is 22.4 Å². The van der Waals surface area contributed by atoms with Gasteiger partial charge in [-0.25, -0.2) is 4.79 Å². The van der Waals surface area contributed by atoms with Gasteiger partial charge < -0.3 is 21.5 Å². The van der Waals surface area contributed by atoms with Crippen molar-refractivity contribution in [3.05, 3.63) is 101 Å². The number of rotatable bonds is 7.